The van der Waals surface area contributed by atoms with Crippen molar-refractivity contribution in [3.63, 3.8) is 0 Å². The average molecular weight is 269 g/mol. The van der Waals surface area contributed by atoms with E-state index in [4.69, 9.17) is 5.73 Å². The molecule has 2 nitrogen and oxygen atoms in total. The molecule has 0 amide bonds. The summed E-state index contributed by atoms with van der Waals surface area (Å²) < 4.78 is 36.1. The molecule has 0 radical (unpaired) electrons. The molecule has 1 rings (SSSR count). The van der Waals surface area contributed by atoms with Crippen molar-refractivity contribution in [1.29, 1.82) is 0 Å². The summed E-state index contributed by atoms with van der Waals surface area (Å²) in [5.74, 6) is 0. The van der Waals surface area contributed by atoms with Crippen LogP contribution >= 0.6 is 15.9 Å². The van der Waals surface area contributed by atoms with Gasteiger partial charge in [-0.3, -0.25) is 0 Å². The molecule has 1 aromatic rings. The lowest BCUT2D eigenvalue weighted by atomic mass is 10.3. The van der Waals surface area contributed by atoms with Gasteiger partial charge in [0.15, 0.2) is 0 Å². The van der Waals surface area contributed by atoms with Gasteiger partial charge in [0.1, 0.15) is 6.54 Å². The van der Waals surface area contributed by atoms with E-state index in [1.54, 1.807) is 6.07 Å². The Hall–Kier alpha value is -0.910. The first-order valence-electron chi connectivity index (χ1n) is 3.74. The van der Waals surface area contributed by atoms with E-state index in [9.17, 15) is 13.2 Å². The van der Waals surface area contributed by atoms with Gasteiger partial charge in [0.2, 0.25) is 0 Å². The quantitative estimate of drug-likeness (QED) is 0.810. The number of halogens is 4. The van der Waals surface area contributed by atoms with Crippen LogP contribution in [0, 0.1) is 0 Å². The van der Waals surface area contributed by atoms with Crippen LogP contribution in [0.4, 0.5) is 24.5 Å². The van der Waals surface area contributed by atoms with Crippen LogP contribution in [0.25, 0.3) is 0 Å². The Balaban J connectivity index is 2.68. The highest BCUT2D eigenvalue weighted by molar-refractivity contribution is 9.10. The number of rotatable bonds is 2. The molecule has 0 saturated carbocycles. The van der Waals surface area contributed by atoms with Crippen LogP contribution in [0.1, 0.15) is 0 Å². The second-order valence-corrected chi connectivity index (χ2v) is 3.56. The van der Waals surface area contributed by atoms with Crippen LogP contribution in [-0.4, -0.2) is 12.7 Å². The van der Waals surface area contributed by atoms with Crippen molar-refractivity contribution >= 4 is 27.3 Å². The van der Waals surface area contributed by atoms with Crippen LogP contribution < -0.4 is 11.1 Å². The van der Waals surface area contributed by atoms with Gasteiger partial charge in [0, 0.05) is 15.8 Å². The third kappa shape index (κ3) is 3.45. The fourth-order valence-corrected chi connectivity index (χ4v) is 1.41. The van der Waals surface area contributed by atoms with Crippen LogP contribution in [0.5, 0.6) is 0 Å². The molecule has 0 aromatic heterocycles. The minimum absolute atomic E-state index is 0.372. The first kappa shape index (κ1) is 11.2. The normalized spacial score (nSPS) is 11.4. The van der Waals surface area contributed by atoms with Crippen molar-refractivity contribution < 1.29 is 13.2 Å². The third-order valence-corrected chi connectivity index (χ3v) is 2.13. The van der Waals surface area contributed by atoms with Gasteiger partial charge in [-0.1, -0.05) is 0 Å². The number of alkyl halides is 3. The lowest BCUT2D eigenvalue weighted by Crippen LogP contribution is -2.21. The van der Waals surface area contributed by atoms with Gasteiger partial charge < -0.3 is 11.1 Å². The van der Waals surface area contributed by atoms with E-state index in [1.807, 2.05) is 0 Å². The molecule has 0 heterocycles. The molecule has 1 aromatic carbocycles. The van der Waals surface area contributed by atoms with Crippen LogP contribution in [0.3, 0.4) is 0 Å². The highest BCUT2D eigenvalue weighted by Gasteiger charge is 2.26. The van der Waals surface area contributed by atoms with Crippen molar-refractivity contribution in [2.75, 3.05) is 17.6 Å². The van der Waals surface area contributed by atoms with Gasteiger partial charge >= 0.3 is 6.18 Å². The molecule has 3 N–H and O–H groups in total. The number of hydrogen-bond donors (Lipinski definition) is 2. The van der Waals surface area contributed by atoms with Crippen molar-refractivity contribution in [2.45, 2.75) is 6.18 Å². The van der Waals surface area contributed by atoms with Gasteiger partial charge in [0.25, 0.3) is 0 Å². The predicted octanol–water partition coefficient (Wildman–Crippen LogP) is 3.01. The zero-order valence-corrected chi connectivity index (χ0v) is 8.61. The topological polar surface area (TPSA) is 38.0 Å². The Kier molecular flexibility index (Phi) is 3.25. The molecule has 0 atom stereocenters. The fourth-order valence-electron chi connectivity index (χ4n) is 0.870. The van der Waals surface area contributed by atoms with E-state index in [0.29, 0.717) is 15.8 Å². The number of nitrogen functional groups attached to an aromatic ring is 1. The molecule has 0 spiro atoms. The number of benzene rings is 1. The van der Waals surface area contributed by atoms with Crippen molar-refractivity contribution in [1.82, 2.24) is 0 Å². The summed E-state index contributed by atoms with van der Waals surface area (Å²) in [6.45, 7) is -1.06. The van der Waals surface area contributed by atoms with E-state index >= 15 is 0 Å². The molecule has 6 heteroatoms. The number of anilines is 2. The average Bonchev–Trinajstić information content (AvgIpc) is 2.00. The monoisotopic (exact) mass is 268 g/mol. The Bertz CT molecular complexity index is 325. The Morgan fingerprint density at radius 2 is 2.00 bits per heavy atom. The maximum Gasteiger partial charge on any atom is 0.405 e. The highest BCUT2D eigenvalue weighted by atomic mass is 79.9. The second kappa shape index (κ2) is 4.08. The number of nitrogens with two attached hydrogens (primary N) is 1. The Morgan fingerprint density at radius 1 is 1.36 bits per heavy atom. The lowest BCUT2D eigenvalue weighted by Gasteiger charge is -2.11. The van der Waals surface area contributed by atoms with Crippen molar-refractivity contribution in [3.8, 4) is 0 Å². The maximum atomic E-state index is 11.8. The van der Waals surface area contributed by atoms with Crippen molar-refractivity contribution in [2.24, 2.45) is 0 Å². The summed E-state index contributed by atoms with van der Waals surface area (Å²) in [5.41, 5.74) is 6.30. The molecule has 0 saturated heterocycles. The summed E-state index contributed by atoms with van der Waals surface area (Å²) >= 11 is 3.10. The van der Waals surface area contributed by atoms with Gasteiger partial charge in [-0.05, 0) is 34.1 Å². The third-order valence-electron chi connectivity index (χ3n) is 1.47. The van der Waals surface area contributed by atoms with Gasteiger partial charge in [-0.2, -0.15) is 13.2 Å². The zero-order chi connectivity index (χ0) is 10.8. The number of hydrogen-bond acceptors (Lipinski definition) is 2. The Labute approximate surface area is 87.4 Å². The van der Waals surface area contributed by atoms with E-state index in [1.165, 1.54) is 12.1 Å². The first-order valence-corrected chi connectivity index (χ1v) is 4.53. The molecule has 0 fully saturated rings. The fraction of sp³-hybridized carbons (Fsp3) is 0.250. The van der Waals surface area contributed by atoms with Gasteiger partial charge in [-0.25, -0.2) is 0 Å². The minimum atomic E-state index is -4.22. The van der Waals surface area contributed by atoms with E-state index in [0.717, 1.165) is 0 Å². The maximum absolute atomic E-state index is 11.8. The van der Waals surface area contributed by atoms with E-state index < -0.39 is 12.7 Å². The summed E-state index contributed by atoms with van der Waals surface area (Å²) in [6, 6.07) is 4.56. The molecular weight excluding hydrogens is 261 g/mol. The molecular formula is C8H8BrF3N2. The van der Waals surface area contributed by atoms with Crippen LogP contribution in [0.15, 0.2) is 22.7 Å². The smallest absolute Gasteiger partial charge is 0.399 e. The molecule has 78 valence electrons. The lowest BCUT2D eigenvalue weighted by molar-refractivity contribution is -0.115. The summed E-state index contributed by atoms with van der Waals surface area (Å²) in [6.07, 6.45) is -4.22. The minimum Gasteiger partial charge on any atom is -0.399 e. The summed E-state index contributed by atoms with van der Waals surface area (Å²) in [7, 11) is 0. The molecule has 0 aliphatic rings. The van der Waals surface area contributed by atoms with Crippen LogP contribution in [-0.2, 0) is 0 Å². The van der Waals surface area contributed by atoms with Gasteiger partial charge in [0.05, 0.1) is 0 Å². The standard InChI is InChI=1S/C8H8BrF3N2/c9-6-3-5(13)1-2-7(6)14-4-8(10,11)12/h1-3,14H,4,13H2. The van der Waals surface area contributed by atoms with Crippen LogP contribution in [0.2, 0.25) is 0 Å². The van der Waals surface area contributed by atoms with Gasteiger partial charge in [-0.15, -0.1) is 0 Å². The molecule has 0 aliphatic carbocycles. The Morgan fingerprint density at radius 3 is 2.50 bits per heavy atom. The second-order valence-electron chi connectivity index (χ2n) is 2.71. The zero-order valence-electron chi connectivity index (χ0n) is 7.03. The van der Waals surface area contributed by atoms with Crippen molar-refractivity contribution in [3.05, 3.63) is 22.7 Å². The van der Waals surface area contributed by atoms with E-state index in [-0.39, 0.29) is 0 Å². The molecule has 14 heavy (non-hydrogen) atoms. The summed E-state index contributed by atoms with van der Waals surface area (Å²) in [5, 5.41) is 2.25. The van der Waals surface area contributed by atoms with E-state index in [2.05, 4.69) is 21.2 Å². The number of nitrogens with one attached hydrogen (secondary N) is 1. The molecule has 0 bridgehead atoms. The first-order chi connectivity index (χ1) is 6.38. The summed E-state index contributed by atoms with van der Waals surface area (Å²) in [4.78, 5) is 0. The molecule has 0 unspecified atom stereocenters. The predicted molar refractivity (Wildman–Crippen MR) is 53.1 cm³/mol. The SMILES string of the molecule is Nc1ccc(NCC(F)(F)F)c(Br)c1. The molecule has 0 aliphatic heterocycles. The highest BCUT2D eigenvalue weighted by Crippen LogP contribution is 2.26. The largest absolute Gasteiger partial charge is 0.405 e.